The summed E-state index contributed by atoms with van der Waals surface area (Å²) in [5.74, 6) is 0. The summed E-state index contributed by atoms with van der Waals surface area (Å²) in [4.78, 5) is 6.89. The van der Waals surface area contributed by atoms with Crippen molar-refractivity contribution in [2.45, 2.75) is 12.6 Å². The van der Waals surface area contributed by atoms with Gasteiger partial charge in [0.15, 0.2) is 0 Å². The van der Waals surface area contributed by atoms with Gasteiger partial charge >= 0.3 is 0 Å². The lowest BCUT2D eigenvalue weighted by atomic mass is 10.1. The Labute approximate surface area is 101 Å². The topological polar surface area (TPSA) is 28.2 Å². The zero-order valence-corrected chi connectivity index (χ0v) is 10.1. The number of fused-ring (bicyclic) bond motifs is 1. The van der Waals surface area contributed by atoms with Crippen molar-refractivity contribution in [1.29, 1.82) is 0 Å². The average Bonchev–Trinajstić information content (AvgIpc) is 2.26. The predicted molar refractivity (Wildman–Crippen MR) is 69.9 cm³/mol. The maximum Gasteiger partial charge on any atom is 0.0702 e. The van der Waals surface area contributed by atoms with Gasteiger partial charge in [0.1, 0.15) is 0 Å². The van der Waals surface area contributed by atoms with E-state index in [1.165, 1.54) is 10.9 Å². The van der Waals surface area contributed by atoms with Crippen LogP contribution >= 0.6 is 0 Å². The van der Waals surface area contributed by atoms with E-state index in [1.54, 1.807) is 0 Å². The van der Waals surface area contributed by atoms with Gasteiger partial charge in [-0.3, -0.25) is 9.88 Å². The van der Waals surface area contributed by atoms with Crippen LogP contribution in [-0.2, 0) is 6.54 Å². The van der Waals surface area contributed by atoms with E-state index in [0.717, 1.165) is 25.2 Å². The molecule has 0 radical (unpaired) electrons. The molecule has 0 atom stereocenters. The van der Waals surface area contributed by atoms with E-state index in [1.807, 2.05) is 12.3 Å². The van der Waals surface area contributed by atoms with Gasteiger partial charge in [0.2, 0.25) is 0 Å². The Morgan fingerprint density at radius 2 is 2.18 bits per heavy atom. The Balaban J connectivity index is 1.80. The largest absolute Gasteiger partial charge is 0.314 e. The molecule has 0 amide bonds. The molecule has 3 heteroatoms. The van der Waals surface area contributed by atoms with Gasteiger partial charge in [-0.05, 0) is 24.7 Å². The van der Waals surface area contributed by atoms with E-state index >= 15 is 0 Å². The molecule has 1 fully saturated rings. The number of benzene rings is 1. The second kappa shape index (κ2) is 4.43. The molecular weight excluding hydrogens is 210 g/mol. The van der Waals surface area contributed by atoms with E-state index in [-0.39, 0.29) is 0 Å². The molecule has 1 aliphatic rings. The van der Waals surface area contributed by atoms with Gasteiger partial charge in [-0.25, -0.2) is 0 Å². The summed E-state index contributed by atoms with van der Waals surface area (Å²) >= 11 is 0. The van der Waals surface area contributed by atoms with Gasteiger partial charge in [0, 0.05) is 37.3 Å². The molecule has 0 unspecified atom stereocenters. The summed E-state index contributed by atoms with van der Waals surface area (Å²) in [6.07, 6.45) is 1.99. The molecular formula is C14H17N3. The van der Waals surface area contributed by atoms with Crippen molar-refractivity contribution in [3.63, 3.8) is 0 Å². The van der Waals surface area contributed by atoms with Gasteiger partial charge in [-0.2, -0.15) is 0 Å². The van der Waals surface area contributed by atoms with Crippen LogP contribution in [0.3, 0.4) is 0 Å². The maximum absolute atomic E-state index is 4.50. The number of aromatic nitrogens is 1. The van der Waals surface area contributed by atoms with Crippen LogP contribution in [0.15, 0.2) is 36.5 Å². The van der Waals surface area contributed by atoms with E-state index in [9.17, 15) is 0 Å². The number of rotatable bonds is 3. The first-order valence-corrected chi connectivity index (χ1v) is 6.07. The van der Waals surface area contributed by atoms with Crippen LogP contribution in [-0.4, -0.2) is 36.1 Å². The Hall–Kier alpha value is -1.45. The fourth-order valence-corrected chi connectivity index (χ4v) is 2.21. The zero-order valence-electron chi connectivity index (χ0n) is 10.1. The number of nitrogens with zero attached hydrogens (tertiary/aromatic N) is 2. The molecule has 3 nitrogen and oxygen atoms in total. The number of hydrogen-bond donors (Lipinski definition) is 1. The maximum atomic E-state index is 4.50. The second-order valence-corrected chi connectivity index (χ2v) is 4.76. The summed E-state index contributed by atoms with van der Waals surface area (Å²) < 4.78 is 0. The molecule has 2 heterocycles. The van der Waals surface area contributed by atoms with Crippen LogP contribution in [0.1, 0.15) is 5.56 Å². The lowest BCUT2D eigenvalue weighted by molar-refractivity contribution is 0.173. The molecule has 1 aromatic carbocycles. The molecule has 0 aliphatic carbocycles. The van der Waals surface area contributed by atoms with E-state index in [0.29, 0.717) is 6.04 Å². The fourth-order valence-electron chi connectivity index (χ4n) is 2.21. The van der Waals surface area contributed by atoms with E-state index < -0.39 is 0 Å². The first-order chi connectivity index (χ1) is 8.33. The van der Waals surface area contributed by atoms with Crippen molar-refractivity contribution >= 4 is 10.9 Å². The molecule has 2 aromatic rings. The predicted octanol–water partition coefficient (Wildman–Crippen LogP) is 1.64. The average molecular weight is 227 g/mol. The quantitative estimate of drug-likeness (QED) is 0.864. The molecule has 0 saturated carbocycles. The minimum Gasteiger partial charge on any atom is -0.314 e. The van der Waals surface area contributed by atoms with Gasteiger partial charge in [0.25, 0.3) is 0 Å². The highest BCUT2D eigenvalue weighted by Gasteiger charge is 2.21. The van der Waals surface area contributed by atoms with E-state index in [2.05, 4.69) is 46.5 Å². The Kier molecular flexibility index (Phi) is 2.79. The summed E-state index contributed by atoms with van der Waals surface area (Å²) in [5.41, 5.74) is 2.36. The van der Waals surface area contributed by atoms with Gasteiger partial charge in [-0.15, -0.1) is 0 Å². The van der Waals surface area contributed by atoms with Crippen LogP contribution in [0.2, 0.25) is 0 Å². The van der Waals surface area contributed by atoms with Crippen LogP contribution in [0.5, 0.6) is 0 Å². The van der Waals surface area contributed by atoms with Crippen molar-refractivity contribution in [1.82, 2.24) is 15.2 Å². The third-order valence-corrected chi connectivity index (χ3v) is 3.46. The Morgan fingerprint density at radius 1 is 1.35 bits per heavy atom. The molecule has 1 aliphatic heterocycles. The number of hydrogen-bond acceptors (Lipinski definition) is 3. The normalized spacial score (nSPS) is 16.4. The SMILES string of the molecule is CN(Cc1cnc2ccccc2c1)C1CNC1. The van der Waals surface area contributed by atoms with Gasteiger partial charge in [-0.1, -0.05) is 18.2 Å². The summed E-state index contributed by atoms with van der Waals surface area (Å²) in [6, 6.07) is 11.2. The standard InChI is InChI=1S/C14H17N3/c1-17(13-8-15-9-13)10-11-6-12-4-2-3-5-14(12)16-7-11/h2-7,13,15H,8-10H2,1H3. The highest BCUT2D eigenvalue weighted by atomic mass is 15.2. The Bertz CT molecular complexity index is 520. The summed E-state index contributed by atoms with van der Waals surface area (Å²) in [6.45, 7) is 3.19. The Morgan fingerprint density at radius 3 is 2.94 bits per heavy atom. The number of nitrogens with one attached hydrogen (secondary N) is 1. The summed E-state index contributed by atoms with van der Waals surface area (Å²) in [5, 5.41) is 4.53. The molecule has 1 N–H and O–H groups in total. The van der Waals surface area contributed by atoms with Crippen molar-refractivity contribution in [2.75, 3.05) is 20.1 Å². The molecule has 1 aromatic heterocycles. The van der Waals surface area contributed by atoms with E-state index in [4.69, 9.17) is 0 Å². The second-order valence-electron chi connectivity index (χ2n) is 4.76. The third kappa shape index (κ3) is 2.16. The molecule has 3 rings (SSSR count). The minimum atomic E-state index is 0.682. The monoisotopic (exact) mass is 227 g/mol. The zero-order chi connectivity index (χ0) is 11.7. The number of para-hydroxylation sites is 1. The van der Waals surface area contributed by atoms with Crippen molar-refractivity contribution in [3.8, 4) is 0 Å². The van der Waals surface area contributed by atoms with Gasteiger partial charge in [0.05, 0.1) is 5.52 Å². The van der Waals surface area contributed by atoms with Crippen molar-refractivity contribution in [3.05, 3.63) is 42.1 Å². The van der Waals surface area contributed by atoms with Crippen LogP contribution in [0.4, 0.5) is 0 Å². The van der Waals surface area contributed by atoms with Crippen LogP contribution in [0.25, 0.3) is 10.9 Å². The summed E-state index contributed by atoms with van der Waals surface area (Å²) in [7, 11) is 2.18. The highest BCUT2D eigenvalue weighted by Crippen LogP contribution is 2.15. The van der Waals surface area contributed by atoms with Crippen LogP contribution in [0, 0.1) is 0 Å². The molecule has 1 saturated heterocycles. The molecule has 0 spiro atoms. The first kappa shape index (κ1) is 10.7. The smallest absolute Gasteiger partial charge is 0.0702 e. The molecule has 17 heavy (non-hydrogen) atoms. The van der Waals surface area contributed by atoms with Crippen molar-refractivity contribution in [2.24, 2.45) is 0 Å². The number of pyridine rings is 1. The lowest BCUT2D eigenvalue weighted by Gasteiger charge is -2.35. The minimum absolute atomic E-state index is 0.682. The van der Waals surface area contributed by atoms with Crippen LogP contribution < -0.4 is 5.32 Å². The fraction of sp³-hybridized carbons (Fsp3) is 0.357. The molecule has 0 bridgehead atoms. The van der Waals surface area contributed by atoms with Gasteiger partial charge < -0.3 is 5.32 Å². The first-order valence-electron chi connectivity index (χ1n) is 6.07. The van der Waals surface area contributed by atoms with Crippen molar-refractivity contribution < 1.29 is 0 Å². The number of likely N-dealkylation sites (N-methyl/N-ethyl adjacent to an activating group) is 1. The molecule has 88 valence electrons. The highest BCUT2D eigenvalue weighted by molar-refractivity contribution is 5.78. The third-order valence-electron chi connectivity index (χ3n) is 3.46. The lowest BCUT2D eigenvalue weighted by Crippen LogP contribution is -2.55.